The summed E-state index contributed by atoms with van der Waals surface area (Å²) in [5.41, 5.74) is 1.89. The van der Waals surface area contributed by atoms with Crippen LogP contribution in [-0.4, -0.2) is 39.0 Å². The van der Waals surface area contributed by atoms with Crippen LogP contribution in [0.2, 0.25) is 0 Å². The molecule has 0 aliphatic carbocycles. The topological polar surface area (TPSA) is 75.0 Å². The lowest BCUT2D eigenvalue weighted by Crippen LogP contribution is -2.35. The van der Waals surface area contributed by atoms with Crippen LogP contribution in [0, 0.1) is 0 Å². The van der Waals surface area contributed by atoms with Crippen LogP contribution in [0.15, 0.2) is 35.0 Å². The summed E-state index contributed by atoms with van der Waals surface area (Å²) in [6.45, 7) is 1.54. The average molecular weight is 296 g/mol. The molecule has 112 valence electrons. The van der Waals surface area contributed by atoms with E-state index in [0.29, 0.717) is 5.82 Å². The first-order valence-corrected chi connectivity index (χ1v) is 7.52. The van der Waals surface area contributed by atoms with Crippen LogP contribution in [-0.2, 0) is 0 Å². The third kappa shape index (κ3) is 2.26. The molecular weight excluding hydrogens is 280 g/mol. The first-order valence-electron chi connectivity index (χ1n) is 7.52. The number of H-pyrrole nitrogens is 1. The minimum absolute atomic E-state index is 0.0751. The smallest absolute Gasteiger partial charge is 0.316 e. The van der Waals surface area contributed by atoms with E-state index in [1.807, 2.05) is 30.5 Å². The molecule has 1 N–H and O–H groups in total. The maximum Gasteiger partial charge on any atom is 0.316 e. The van der Waals surface area contributed by atoms with Crippen LogP contribution < -0.4 is 0 Å². The Morgan fingerprint density at radius 2 is 2.05 bits per heavy atom. The molecule has 6 nitrogen and oxygen atoms in total. The van der Waals surface area contributed by atoms with Gasteiger partial charge in [-0.15, -0.1) is 0 Å². The molecule has 0 unspecified atom stereocenters. The monoisotopic (exact) mass is 296 g/mol. The van der Waals surface area contributed by atoms with Crippen LogP contribution >= 0.6 is 0 Å². The normalized spacial score (nSPS) is 15.4. The van der Waals surface area contributed by atoms with Gasteiger partial charge in [0, 0.05) is 35.8 Å². The molecule has 0 spiro atoms. The van der Waals surface area contributed by atoms with Crippen LogP contribution in [0.5, 0.6) is 0 Å². The highest BCUT2D eigenvalue weighted by molar-refractivity contribution is 5.90. The molecule has 6 heteroatoms. The van der Waals surface area contributed by atoms with Crippen molar-refractivity contribution < 1.29 is 9.32 Å². The lowest BCUT2D eigenvalue weighted by molar-refractivity contribution is 0.0674. The number of nitrogens with one attached hydrogen (secondary N) is 1. The summed E-state index contributed by atoms with van der Waals surface area (Å²) < 4.78 is 5.17. The number of piperidine rings is 1. The van der Waals surface area contributed by atoms with E-state index >= 15 is 0 Å². The highest BCUT2D eigenvalue weighted by Crippen LogP contribution is 2.22. The standard InChI is InChI=1S/C16H16N4O2/c21-16(20-8-2-1-3-9-20)15-18-14(19-22-15)12-4-5-13-11(10-12)6-7-17-13/h4-7,10,17H,1-3,8-9H2. The van der Waals surface area contributed by atoms with E-state index in [1.54, 1.807) is 4.90 Å². The zero-order chi connectivity index (χ0) is 14.9. The first-order chi connectivity index (χ1) is 10.8. The average Bonchev–Trinajstić information content (AvgIpc) is 3.23. The van der Waals surface area contributed by atoms with Crippen LogP contribution in [0.4, 0.5) is 0 Å². The number of aromatic nitrogens is 3. The molecule has 3 heterocycles. The van der Waals surface area contributed by atoms with Gasteiger partial charge in [-0.2, -0.15) is 4.98 Å². The Hall–Kier alpha value is -2.63. The predicted octanol–water partition coefficient (Wildman–Crippen LogP) is 2.84. The Morgan fingerprint density at radius 3 is 2.91 bits per heavy atom. The third-order valence-electron chi connectivity index (χ3n) is 4.06. The van der Waals surface area contributed by atoms with Crippen molar-refractivity contribution in [1.82, 2.24) is 20.0 Å². The zero-order valence-corrected chi connectivity index (χ0v) is 12.1. The third-order valence-corrected chi connectivity index (χ3v) is 4.06. The van der Waals surface area contributed by atoms with Crippen molar-refractivity contribution in [3.8, 4) is 11.4 Å². The Bertz CT molecular complexity index is 814. The van der Waals surface area contributed by atoms with Gasteiger partial charge < -0.3 is 14.4 Å². The SMILES string of the molecule is O=C(c1nc(-c2ccc3[nH]ccc3c2)no1)N1CCCCC1. The largest absolute Gasteiger partial charge is 0.361 e. The van der Waals surface area contributed by atoms with Crippen molar-refractivity contribution in [1.29, 1.82) is 0 Å². The Labute approximate surface area is 127 Å². The maximum atomic E-state index is 12.3. The highest BCUT2D eigenvalue weighted by atomic mass is 16.5. The summed E-state index contributed by atoms with van der Waals surface area (Å²) in [6.07, 6.45) is 5.14. The zero-order valence-electron chi connectivity index (χ0n) is 12.1. The highest BCUT2D eigenvalue weighted by Gasteiger charge is 2.24. The molecule has 1 aliphatic rings. The van der Waals surface area contributed by atoms with E-state index < -0.39 is 0 Å². The summed E-state index contributed by atoms with van der Waals surface area (Å²) in [5.74, 6) is 0.357. The van der Waals surface area contributed by atoms with Crippen molar-refractivity contribution in [3.05, 3.63) is 36.4 Å². The van der Waals surface area contributed by atoms with Gasteiger partial charge in [-0.25, -0.2) is 0 Å². The quantitative estimate of drug-likeness (QED) is 0.789. The molecule has 22 heavy (non-hydrogen) atoms. The van der Waals surface area contributed by atoms with E-state index in [9.17, 15) is 4.79 Å². The lowest BCUT2D eigenvalue weighted by Gasteiger charge is -2.24. The van der Waals surface area contributed by atoms with Crippen molar-refractivity contribution >= 4 is 16.8 Å². The van der Waals surface area contributed by atoms with Gasteiger partial charge in [0.1, 0.15) is 0 Å². The summed E-state index contributed by atoms with van der Waals surface area (Å²) >= 11 is 0. The van der Waals surface area contributed by atoms with E-state index in [-0.39, 0.29) is 11.8 Å². The first kappa shape index (κ1) is 13.1. The molecule has 1 saturated heterocycles. The molecule has 3 aromatic rings. The molecule has 1 aromatic carbocycles. The van der Waals surface area contributed by atoms with Crippen molar-refractivity contribution in [2.75, 3.05) is 13.1 Å². The fraction of sp³-hybridized carbons (Fsp3) is 0.312. The summed E-state index contributed by atoms with van der Waals surface area (Å²) in [6, 6.07) is 7.84. The number of hydrogen-bond acceptors (Lipinski definition) is 4. The number of nitrogens with zero attached hydrogens (tertiary/aromatic N) is 3. The second-order valence-corrected chi connectivity index (χ2v) is 5.56. The van der Waals surface area contributed by atoms with E-state index in [1.165, 1.54) is 6.42 Å². The Kier molecular flexibility index (Phi) is 3.14. The molecule has 0 radical (unpaired) electrons. The molecule has 0 atom stereocenters. The molecule has 0 saturated carbocycles. The van der Waals surface area contributed by atoms with Gasteiger partial charge in [0.05, 0.1) is 0 Å². The van der Waals surface area contributed by atoms with Gasteiger partial charge in [0.25, 0.3) is 0 Å². The van der Waals surface area contributed by atoms with Gasteiger partial charge >= 0.3 is 11.8 Å². The van der Waals surface area contributed by atoms with Gasteiger partial charge in [0.2, 0.25) is 5.82 Å². The van der Waals surface area contributed by atoms with Gasteiger partial charge in [0.15, 0.2) is 0 Å². The molecule has 1 fully saturated rings. The number of likely N-dealkylation sites (tertiary alicyclic amines) is 1. The van der Waals surface area contributed by atoms with E-state index in [0.717, 1.165) is 42.4 Å². The van der Waals surface area contributed by atoms with Crippen LogP contribution in [0.1, 0.15) is 29.9 Å². The van der Waals surface area contributed by atoms with Crippen molar-refractivity contribution in [2.45, 2.75) is 19.3 Å². The Balaban J connectivity index is 1.61. The van der Waals surface area contributed by atoms with E-state index in [4.69, 9.17) is 4.52 Å². The van der Waals surface area contributed by atoms with Gasteiger partial charge in [-0.1, -0.05) is 5.16 Å². The molecular formula is C16H16N4O2. The molecule has 1 aliphatic heterocycles. The van der Waals surface area contributed by atoms with Crippen molar-refractivity contribution in [2.24, 2.45) is 0 Å². The van der Waals surface area contributed by atoms with Crippen molar-refractivity contribution in [3.63, 3.8) is 0 Å². The minimum atomic E-state index is -0.166. The fourth-order valence-corrected chi connectivity index (χ4v) is 2.85. The lowest BCUT2D eigenvalue weighted by atomic mass is 10.1. The number of rotatable bonds is 2. The number of hydrogen-bond donors (Lipinski definition) is 1. The number of benzene rings is 1. The second kappa shape index (κ2) is 5.29. The van der Waals surface area contributed by atoms with Crippen LogP contribution in [0.25, 0.3) is 22.3 Å². The van der Waals surface area contributed by atoms with Gasteiger partial charge in [-0.3, -0.25) is 4.79 Å². The van der Waals surface area contributed by atoms with Gasteiger partial charge in [-0.05, 0) is 43.5 Å². The number of carbonyl (C=O) groups is 1. The number of fused-ring (bicyclic) bond motifs is 1. The molecule has 1 amide bonds. The predicted molar refractivity (Wildman–Crippen MR) is 81.3 cm³/mol. The number of aromatic amines is 1. The van der Waals surface area contributed by atoms with Crippen LogP contribution in [0.3, 0.4) is 0 Å². The summed E-state index contributed by atoms with van der Waals surface area (Å²) in [4.78, 5) is 21.5. The maximum absolute atomic E-state index is 12.3. The second-order valence-electron chi connectivity index (χ2n) is 5.56. The Morgan fingerprint density at radius 1 is 1.18 bits per heavy atom. The summed E-state index contributed by atoms with van der Waals surface area (Å²) in [5, 5.41) is 5.02. The fourth-order valence-electron chi connectivity index (χ4n) is 2.85. The summed E-state index contributed by atoms with van der Waals surface area (Å²) in [7, 11) is 0. The molecule has 4 rings (SSSR count). The number of amides is 1. The molecule has 2 aromatic heterocycles. The minimum Gasteiger partial charge on any atom is -0.361 e. The van der Waals surface area contributed by atoms with E-state index in [2.05, 4.69) is 15.1 Å². The number of carbonyl (C=O) groups excluding carboxylic acids is 1. The molecule has 0 bridgehead atoms.